The van der Waals surface area contributed by atoms with Crippen LogP contribution in [0.5, 0.6) is 11.5 Å². The molecule has 0 aliphatic heterocycles. The minimum absolute atomic E-state index is 0.00625. The smallest absolute Gasteiger partial charge is 0.486 e. The first kappa shape index (κ1) is 15.8. The summed E-state index contributed by atoms with van der Waals surface area (Å²) < 4.78 is 46.5. The van der Waals surface area contributed by atoms with Gasteiger partial charge in [0.15, 0.2) is 11.3 Å². The molecule has 0 amide bonds. The Bertz CT molecular complexity index is 878. The van der Waals surface area contributed by atoms with E-state index in [-0.39, 0.29) is 23.8 Å². The zero-order valence-corrected chi connectivity index (χ0v) is 12.4. The number of halogens is 3. The first-order valence-corrected chi connectivity index (χ1v) is 6.77. The predicted octanol–water partition coefficient (Wildman–Crippen LogP) is 2.72. The van der Waals surface area contributed by atoms with Gasteiger partial charge in [-0.3, -0.25) is 0 Å². The van der Waals surface area contributed by atoms with Crippen molar-refractivity contribution < 1.29 is 22.6 Å². The predicted molar refractivity (Wildman–Crippen MR) is 78.3 cm³/mol. The number of H-pyrrole nitrogens is 1. The van der Waals surface area contributed by atoms with E-state index in [0.29, 0.717) is 16.8 Å². The number of ether oxygens (including phenoxy) is 2. The summed E-state index contributed by atoms with van der Waals surface area (Å²) in [6.07, 6.45) is -4.75. The molecule has 0 saturated heterocycles. The van der Waals surface area contributed by atoms with E-state index in [0.717, 1.165) is 5.56 Å². The maximum atomic E-state index is 12.3. The average Bonchev–Trinajstić information content (AvgIpc) is 2.94. The average molecular weight is 339 g/mol. The molecule has 1 aromatic carbocycles. The quantitative estimate of drug-likeness (QED) is 0.758. The van der Waals surface area contributed by atoms with E-state index in [1.165, 1.54) is 24.3 Å². The summed E-state index contributed by atoms with van der Waals surface area (Å²) in [6, 6.07) is 5.50. The van der Waals surface area contributed by atoms with Crippen molar-refractivity contribution >= 4 is 17.0 Å². The first-order chi connectivity index (χ1) is 11.3. The van der Waals surface area contributed by atoms with Crippen LogP contribution in [0.15, 0.2) is 24.3 Å². The number of aryl methyl sites for hydroxylation is 1. The first-order valence-electron chi connectivity index (χ1n) is 6.77. The van der Waals surface area contributed by atoms with Crippen LogP contribution in [0.2, 0.25) is 0 Å². The molecule has 3 aromatic rings. The lowest BCUT2D eigenvalue weighted by atomic mass is 10.1. The zero-order chi connectivity index (χ0) is 17.3. The number of hydrogen-bond acceptors (Lipinski definition) is 6. The molecule has 126 valence electrons. The molecule has 0 spiro atoms. The van der Waals surface area contributed by atoms with E-state index in [4.69, 9.17) is 10.5 Å². The molecule has 7 nitrogen and oxygen atoms in total. The summed E-state index contributed by atoms with van der Waals surface area (Å²) in [5.41, 5.74) is 7.61. The van der Waals surface area contributed by atoms with Crippen LogP contribution in [-0.4, -0.2) is 26.8 Å². The number of alkyl halides is 3. The second kappa shape index (κ2) is 5.87. The monoisotopic (exact) mass is 339 g/mol. The van der Waals surface area contributed by atoms with Crippen molar-refractivity contribution in [1.29, 1.82) is 0 Å². The molecule has 3 N–H and O–H groups in total. The number of benzene rings is 1. The van der Waals surface area contributed by atoms with E-state index >= 15 is 0 Å². The molecule has 3 rings (SSSR count). The number of rotatable bonds is 4. The SMILES string of the molecule is Cc1ccc(OC(F)(F)F)cc1COc1cc(N)nc2n[nH]nc12. The molecule has 24 heavy (non-hydrogen) atoms. The highest BCUT2D eigenvalue weighted by Crippen LogP contribution is 2.27. The Labute approximate surface area is 133 Å². The van der Waals surface area contributed by atoms with E-state index in [2.05, 4.69) is 25.1 Å². The molecular formula is C14H12F3N5O2. The highest BCUT2D eigenvalue weighted by Gasteiger charge is 2.31. The van der Waals surface area contributed by atoms with Crippen molar-refractivity contribution in [2.24, 2.45) is 0 Å². The second-order valence-corrected chi connectivity index (χ2v) is 4.97. The van der Waals surface area contributed by atoms with Crippen LogP contribution in [0, 0.1) is 6.92 Å². The zero-order valence-electron chi connectivity index (χ0n) is 12.4. The highest BCUT2D eigenvalue weighted by atomic mass is 19.4. The third-order valence-electron chi connectivity index (χ3n) is 3.21. The van der Waals surface area contributed by atoms with Gasteiger partial charge in [0.1, 0.15) is 18.2 Å². The molecule has 10 heteroatoms. The number of nitrogens with one attached hydrogen (secondary N) is 1. The number of pyridine rings is 1. The van der Waals surface area contributed by atoms with E-state index in [1.54, 1.807) is 6.92 Å². The fourth-order valence-electron chi connectivity index (χ4n) is 2.09. The van der Waals surface area contributed by atoms with Gasteiger partial charge in [-0.15, -0.1) is 18.3 Å². The van der Waals surface area contributed by atoms with Gasteiger partial charge in [-0.25, -0.2) is 4.98 Å². The third-order valence-corrected chi connectivity index (χ3v) is 3.21. The Morgan fingerprint density at radius 1 is 1.21 bits per heavy atom. The normalized spacial score (nSPS) is 11.7. The van der Waals surface area contributed by atoms with Crippen molar-refractivity contribution in [3.05, 3.63) is 35.4 Å². The molecular weight excluding hydrogens is 327 g/mol. The lowest BCUT2D eigenvalue weighted by molar-refractivity contribution is -0.274. The topological polar surface area (TPSA) is 98.9 Å². The fraction of sp³-hybridized carbons (Fsp3) is 0.214. The largest absolute Gasteiger partial charge is 0.573 e. The van der Waals surface area contributed by atoms with E-state index < -0.39 is 6.36 Å². The Morgan fingerprint density at radius 3 is 2.75 bits per heavy atom. The fourth-order valence-corrected chi connectivity index (χ4v) is 2.09. The van der Waals surface area contributed by atoms with Crippen LogP contribution >= 0.6 is 0 Å². The van der Waals surface area contributed by atoms with Crippen LogP contribution in [0.25, 0.3) is 11.2 Å². The second-order valence-electron chi connectivity index (χ2n) is 4.97. The van der Waals surface area contributed by atoms with Gasteiger partial charge < -0.3 is 15.2 Å². The van der Waals surface area contributed by atoms with Crippen molar-refractivity contribution in [3.63, 3.8) is 0 Å². The summed E-state index contributed by atoms with van der Waals surface area (Å²) in [4.78, 5) is 3.97. The number of anilines is 1. The van der Waals surface area contributed by atoms with Gasteiger partial charge in [-0.2, -0.15) is 10.3 Å². The molecule has 0 radical (unpaired) electrons. The summed E-state index contributed by atoms with van der Waals surface area (Å²) in [5, 5.41) is 10.1. The molecule has 0 atom stereocenters. The summed E-state index contributed by atoms with van der Waals surface area (Å²) >= 11 is 0. The number of nitrogens with zero attached hydrogens (tertiary/aromatic N) is 3. The third kappa shape index (κ3) is 3.47. The Kier molecular flexibility index (Phi) is 3.87. The number of nitrogen functional groups attached to an aromatic ring is 1. The summed E-state index contributed by atoms with van der Waals surface area (Å²) in [5.74, 6) is 0.206. The van der Waals surface area contributed by atoms with E-state index in [9.17, 15) is 13.2 Å². The van der Waals surface area contributed by atoms with Crippen LogP contribution < -0.4 is 15.2 Å². The Balaban J connectivity index is 1.83. The molecule has 0 saturated carbocycles. The molecule has 2 heterocycles. The van der Waals surface area contributed by atoms with Crippen molar-refractivity contribution in [2.75, 3.05) is 5.73 Å². The van der Waals surface area contributed by atoms with Gasteiger partial charge in [0.2, 0.25) is 5.65 Å². The standard InChI is InChI=1S/C14H12F3N5O2/c1-7-2-3-9(24-14(15,16)17)4-8(7)6-23-10-5-11(18)19-13-12(10)20-22-21-13/h2-5H,6H2,1H3,(H3,18,19,20,21,22). The molecule has 0 bridgehead atoms. The van der Waals surface area contributed by atoms with Crippen LogP contribution in [0.4, 0.5) is 19.0 Å². The molecule has 2 aromatic heterocycles. The van der Waals surface area contributed by atoms with Gasteiger partial charge in [0.25, 0.3) is 0 Å². The lowest BCUT2D eigenvalue weighted by Gasteiger charge is -2.13. The lowest BCUT2D eigenvalue weighted by Crippen LogP contribution is -2.17. The van der Waals surface area contributed by atoms with Crippen molar-refractivity contribution in [3.8, 4) is 11.5 Å². The maximum absolute atomic E-state index is 12.3. The number of hydrogen-bond donors (Lipinski definition) is 2. The van der Waals surface area contributed by atoms with Crippen molar-refractivity contribution in [2.45, 2.75) is 19.9 Å². The van der Waals surface area contributed by atoms with Crippen LogP contribution in [0.1, 0.15) is 11.1 Å². The van der Waals surface area contributed by atoms with Gasteiger partial charge in [0, 0.05) is 6.07 Å². The molecule has 0 aliphatic rings. The number of fused-ring (bicyclic) bond motifs is 1. The maximum Gasteiger partial charge on any atom is 0.573 e. The summed E-state index contributed by atoms with van der Waals surface area (Å²) in [6.45, 7) is 1.76. The summed E-state index contributed by atoms with van der Waals surface area (Å²) in [7, 11) is 0. The Morgan fingerprint density at radius 2 is 2.00 bits per heavy atom. The van der Waals surface area contributed by atoms with Gasteiger partial charge in [-0.1, -0.05) is 6.07 Å². The minimum Gasteiger partial charge on any atom is -0.486 e. The molecule has 0 unspecified atom stereocenters. The number of aromatic nitrogens is 4. The van der Waals surface area contributed by atoms with Gasteiger partial charge in [-0.05, 0) is 30.2 Å². The number of nitrogens with two attached hydrogens (primary N) is 1. The Hall–Kier alpha value is -3.04. The van der Waals surface area contributed by atoms with Gasteiger partial charge >= 0.3 is 6.36 Å². The number of aromatic amines is 1. The minimum atomic E-state index is -4.75. The van der Waals surface area contributed by atoms with Crippen molar-refractivity contribution in [1.82, 2.24) is 20.4 Å². The highest BCUT2D eigenvalue weighted by molar-refractivity contribution is 5.78. The van der Waals surface area contributed by atoms with E-state index in [1.807, 2.05) is 0 Å². The van der Waals surface area contributed by atoms with Crippen LogP contribution in [0.3, 0.4) is 0 Å². The molecule has 0 fully saturated rings. The van der Waals surface area contributed by atoms with Crippen LogP contribution in [-0.2, 0) is 6.61 Å². The molecule has 0 aliphatic carbocycles. The van der Waals surface area contributed by atoms with Gasteiger partial charge in [0.05, 0.1) is 0 Å².